The van der Waals surface area contributed by atoms with Crippen molar-refractivity contribution < 1.29 is 24.5 Å². The molecule has 1 amide bonds. The van der Waals surface area contributed by atoms with Crippen LogP contribution in [0.2, 0.25) is 0 Å². The summed E-state index contributed by atoms with van der Waals surface area (Å²) in [5.74, 6) is -1.60. The van der Waals surface area contributed by atoms with Crippen molar-refractivity contribution in [1.29, 1.82) is 0 Å². The lowest BCUT2D eigenvalue weighted by molar-refractivity contribution is -0.310. The second kappa shape index (κ2) is 6.88. The SMILES string of the molecule is CC(C)(C)OC(=O)N[C@@H](C(=O)[O-])[C@@H](O)c1cccc2ccccc12. The number of nitrogens with one attached hydrogen (secondary N) is 1. The first-order valence-corrected chi connectivity index (χ1v) is 7.55. The van der Waals surface area contributed by atoms with E-state index in [4.69, 9.17) is 4.74 Å². The van der Waals surface area contributed by atoms with Crippen molar-refractivity contribution in [3.05, 3.63) is 48.0 Å². The molecule has 2 aromatic rings. The number of aliphatic hydroxyl groups is 1. The Morgan fingerprint density at radius 2 is 1.75 bits per heavy atom. The molecule has 0 saturated heterocycles. The maximum atomic E-state index is 11.8. The number of benzene rings is 2. The number of carbonyl (C=O) groups is 2. The van der Waals surface area contributed by atoms with Gasteiger partial charge in [-0.15, -0.1) is 0 Å². The predicted octanol–water partition coefficient (Wildman–Crippen LogP) is 1.52. The second-order valence-corrected chi connectivity index (χ2v) is 6.46. The number of carboxylic acid groups (broad SMARTS) is 1. The molecule has 0 spiro atoms. The number of rotatable bonds is 4. The van der Waals surface area contributed by atoms with Crippen molar-refractivity contribution in [2.45, 2.75) is 38.5 Å². The van der Waals surface area contributed by atoms with Crippen LogP contribution in [0.25, 0.3) is 10.8 Å². The van der Waals surface area contributed by atoms with E-state index in [1.165, 1.54) is 0 Å². The molecule has 0 fully saturated rings. The number of hydrogen-bond donors (Lipinski definition) is 2. The van der Waals surface area contributed by atoms with Gasteiger partial charge in [-0.3, -0.25) is 0 Å². The highest BCUT2D eigenvalue weighted by Crippen LogP contribution is 2.26. The molecule has 0 aliphatic heterocycles. The maximum absolute atomic E-state index is 11.8. The quantitative estimate of drug-likeness (QED) is 0.885. The van der Waals surface area contributed by atoms with E-state index in [0.29, 0.717) is 10.9 Å². The predicted molar refractivity (Wildman–Crippen MR) is 87.1 cm³/mol. The van der Waals surface area contributed by atoms with E-state index in [1.807, 2.05) is 18.2 Å². The van der Waals surface area contributed by atoms with Crippen molar-refractivity contribution >= 4 is 22.8 Å². The van der Waals surface area contributed by atoms with E-state index in [2.05, 4.69) is 5.32 Å². The molecule has 6 nitrogen and oxygen atoms in total. The minimum Gasteiger partial charge on any atom is -0.548 e. The number of amides is 1. The van der Waals surface area contributed by atoms with Crippen LogP contribution in [0.5, 0.6) is 0 Å². The summed E-state index contributed by atoms with van der Waals surface area (Å²) in [5.41, 5.74) is -0.399. The van der Waals surface area contributed by atoms with Crippen molar-refractivity contribution in [2.24, 2.45) is 0 Å². The molecule has 128 valence electrons. The molecule has 0 aliphatic rings. The third kappa shape index (κ3) is 4.23. The molecular formula is C18H20NO5-. The summed E-state index contributed by atoms with van der Waals surface area (Å²) in [7, 11) is 0. The maximum Gasteiger partial charge on any atom is 0.408 e. The average Bonchev–Trinajstić information content (AvgIpc) is 2.49. The van der Waals surface area contributed by atoms with Gasteiger partial charge in [-0.1, -0.05) is 42.5 Å². The summed E-state index contributed by atoms with van der Waals surface area (Å²) in [6.07, 6.45) is -2.41. The topological polar surface area (TPSA) is 98.7 Å². The Bertz CT molecular complexity index is 745. The fourth-order valence-corrected chi connectivity index (χ4v) is 2.39. The summed E-state index contributed by atoms with van der Waals surface area (Å²) < 4.78 is 5.04. The first-order chi connectivity index (χ1) is 11.2. The Kier molecular flexibility index (Phi) is 5.09. The van der Waals surface area contributed by atoms with Crippen molar-refractivity contribution in [2.75, 3.05) is 0 Å². The van der Waals surface area contributed by atoms with Gasteiger partial charge in [0.1, 0.15) is 17.7 Å². The van der Waals surface area contributed by atoms with Crippen LogP contribution in [-0.2, 0) is 9.53 Å². The standard InChI is InChI=1S/C18H21NO5/c1-18(2,3)24-17(23)19-14(16(21)22)15(20)13-10-6-8-11-7-4-5-9-12(11)13/h4-10,14-15,20H,1-3H3,(H,19,23)(H,21,22)/p-1/t14-,15+/m1/s1. The molecule has 0 aliphatic carbocycles. The van der Waals surface area contributed by atoms with Gasteiger partial charge in [0, 0.05) is 0 Å². The number of aliphatic carboxylic acids is 1. The zero-order chi connectivity index (χ0) is 17.9. The highest BCUT2D eigenvalue weighted by atomic mass is 16.6. The summed E-state index contributed by atoms with van der Waals surface area (Å²) in [6, 6.07) is 10.8. The van der Waals surface area contributed by atoms with Crippen LogP contribution in [0.4, 0.5) is 4.79 Å². The normalized spacial score (nSPS) is 14.0. The zero-order valence-electron chi connectivity index (χ0n) is 13.8. The van der Waals surface area contributed by atoms with E-state index >= 15 is 0 Å². The van der Waals surface area contributed by atoms with Gasteiger partial charge in [0.05, 0.1) is 5.97 Å². The lowest BCUT2D eigenvalue weighted by Crippen LogP contribution is -2.52. The Balaban J connectivity index is 2.30. The molecule has 0 aromatic heterocycles. The zero-order valence-corrected chi connectivity index (χ0v) is 13.8. The van der Waals surface area contributed by atoms with Gasteiger partial charge in [-0.2, -0.15) is 0 Å². The Hall–Kier alpha value is -2.60. The lowest BCUT2D eigenvalue weighted by atomic mass is 9.96. The summed E-state index contributed by atoms with van der Waals surface area (Å²) in [4.78, 5) is 23.2. The van der Waals surface area contributed by atoms with E-state index in [-0.39, 0.29) is 0 Å². The molecule has 2 rings (SSSR count). The third-order valence-corrected chi connectivity index (χ3v) is 3.38. The molecule has 2 aromatic carbocycles. The van der Waals surface area contributed by atoms with Gasteiger partial charge in [-0.25, -0.2) is 4.79 Å². The van der Waals surface area contributed by atoms with Gasteiger partial charge in [0.15, 0.2) is 0 Å². The lowest BCUT2D eigenvalue weighted by Gasteiger charge is -2.28. The number of carbonyl (C=O) groups excluding carboxylic acids is 2. The largest absolute Gasteiger partial charge is 0.548 e. The number of aliphatic hydroxyl groups excluding tert-OH is 1. The van der Waals surface area contributed by atoms with Crippen LogP contribution in [0.1, 0.15) is 32.4 Å². The number of carboxylic acids is 1. The minimum absolute atomic E-state index is 0.387. The number of alkyl carbamates (subject to hydrolysis) is 1. The number of fused-ring (bicyclic) bond motifs is 1. The van der Waals surface area contributed by atoms with Crippen molar-refractivity contribution in [3.8, 4) is 0 Å². The van der Waals surface area contributed by atoms with Gasteiger partial charge in [0.25, 0.3) is 0 Å². The molecule has 24 heavy (non-hydrogen) atoms. The second-order valence-electron chi connectivity index (χ2n) is 6.46. The Morgan fingerprint density at radius 3 is 2.38 bits per heavy atom. The average molecular weight is 330 g/mol. The van der Waals surface area contributed by atoms with Crippen molar-refractivity contribution in [3.63, 3.8) is 0 Å². The van der Waals surface area contributed by atoms with Gasteiger partial charge >= 0.3 is 6.09 Å². The van der Waals surface area contributed by atoms with Gasteiger partial charge in [0.2, 0.25) is 0 Å². The van der Waals surface area contributed by atoms with Crippen LogP contribution in [0, 0.1) is 0 Å². The highest BCUT2D eigenvalue weighted by Gasteiger charge is 2.27. The van der Waals surface area contributed by atoms with E-state index in [1.54, 1.807) is 45.0 Å². The van der Waals surface area contributed by atoms with Gasteiger partial charge in [-0.05, 0) is 37.1 Å². The first-order valence-electron chi connectivity index (χ1n) is 7.55. The summed E-state index contributed by atoms with van der Waals surface area (Å²) >= 11 is 0. The monoisotopic (exact) mass is 330 g/mol. The summed E-state index contributed by atoms with van der Waals surface area (Å²) in [6.45, 7) is 4.96. The molecular weight excluding hydrogens is 310 g/mol. The first kappa shape index (κ1) is 17.7. The Morgan fingerprint density at radius 1 is 1.12 bits per heavy atom. The molecule has 0 heterocycles. The fourth-order valence-electron chi connectivity index (χ4n) is 2.39. The number of ether oxygens (including phenoxy) is 1. The molecule has 0 radical (unpaired) electrons. The van der Waals surface area contributed by atoms with Gasteiger partial charge < -0.3 is 25.1 Å². The third-order valence-electron chi connectivity index (χ3n) is 3.38. The molecule has 0 unspecified atom stereocenters. The van der Waals surface area contributed by atoms with Crippen LogP contribution < -0.4 is 10.4 Å². The van der Waals surface area contributed by atoms with Crippen LogP contribution >= 0.6 is 0 Å². The van der Waals surface area contributed by atoms with E-state index in [0.717, 1.165) is 5.39 Å². The van der Waals surface area contributed by atoms with E-state index < -0.39 is 29.8 Å². The molecule has 6 heteroatoms. The molecule has 0 bridgehead atoms. The molecule has 0 saturated carbocycles. The van der Waals surface area contributed by atoms with E-state index in [9.17, 15) is 19.8 Å². The number of hydrogen-bond acceptors (Lipinski definition) is 5. The highest BCUT2D eigenvalue weighted by molar-refractivity contribution is 5.87. The van der Waals surface area contributed by atoms with Crippen LogP contribution in [-0.4, -0.2) is 28.8 Å². The minimum atomic E-state index is -1.63. The molecule has 2 atom stereocenters. The van der Waals surface area contributed by atoms with Crippen LogP contribution in [0.3, 0.4) is 0 Å². The Labute approximate surface area is 140 Å². The van der Waals surface area contributed by atoms with Crippen LogP contribution in [0.15, 0.2) is 42.5 Å². The summed E-state index contributed by atoms with van der Waals surface area (Å²) in [5, 5.41) is 25.6. The smallest absolute Gasteiger partial charge is 0.408 e. The van der Waals surface area contributed by atoms with Crippen molar-refractivity contribution in [1.82, 2.24) is 5.32 Å². The molecule has 2 N–H and O–H groups in total. The fraction of sp³-hybridized carbons (Fsp3) is 0.333.